The van der Waals surface area contributed by atoms with Gasteiger partial charge in [-0.2, -0.15) is 0 Å². The Bertz CT molecular complexity index is 3910. The molecule has 12 rings (SSSR count). The topological polar surface area (TPSA) is 161 Å². The first kappa shape index (κ1) is 71.1. The summed E-state index contributed by atoms with van der Waals surface area (Å²) in [5, 5.41) is 13.1. The van der Waals surface area contributed by atoms with Crippen LogP contribution in [-0.2, 0) is 18.6 Å². The lowest BCUT2D eigenvalue weighted by molar-refractivity contribution is 0.00578. The maximum atomic E-state index is 14.1. The summed E-state index contributed by atoms with van der Waals surface area (Å²) in [6, 6.07) is 56.1. The molecule has 2 fully saturated rings. The van der Waals surface area contributed by atoms with Gasteiger partial charge in [-0.1, -0.05) is 84.9 Å². The Morgan fingerprint density at radius 2 is 0.691 bits per heavy atom. The van der Waals surface area contributed by atoms with Gasteiger partial charge in [0.15, 0.2) is 0 Å². The number of nitrogens with one attached hydrogen (secondary N) is 1. The third-order valence-corrected chi connectivity index (χ3v) is 20.4. The van der Waals surface area contributed by atoms with E-state index >= 15 is 0 Å². The molecule has 0 atom stereocenters. The average molecular weight is 1310 g/mol. The molecule has 0 aliphatic carbocycles. The maximum absolute atomic E-state index is 14.1. The number of nitrogen functional groups attached to an aromatic ring is 1. The molecule has 0 bridgehead atoms. The van der Waals surface area contributed by atoms with Crippen molar-refractivity contribution in [3.63, 3.8) is 0 Å². The number of carbonyl (C=O) groups excluding carboxylic acids is 1. The highest BCUT2D eigenvalue weighted by atomic mass is 16.7. The summed E-state index contributed by atoms with van der Waals surface area (Å²) in [4.78, 5) is 35.3. The predicted octanol–water partition coefficient (Wildman–Crippen LogP) is 16.1. The standard InChI is InChI=1S/C40H48BN3O4.C28H32N2O3.C12H18BNO2/c1-9-43(10-2)29-21-23-33-35(25-29)46-36-26-30(44(11-3)12-4)22-24-34(36)37(33)31-15-13-14-16-32(31)38(45)42-28-19-17-27(18-20-28)41-47-39(5,6)40(7,8)48-41;1-5-29(6-2)19-13-15-23-25(17-19)33-26-18-20(30(7-3)8-4)14-16-24(26)27(23)21-11-9-10-12-22(21)28(31)32;1-11(2)12(3,4)16-13(15-11)9-5-7-10(14)8-6-9/h13-26,37H,9-12H2,1-8H3,(H,42,45);9-18,27H,5-8H2,1-4H3,(H,31,32);5-8H,14H2,1-4H3. The minimum Gasteiger partial charge on any atom is -0.478 e. The minimum atomic E-state index is -0.917. The Hall–Kier alpha value is -8.73. The van der Waals surface area contributed by atoms with Crippen LogP contribution in [0.2, 0.25) is 0 Å². The van der Waals surface area contributed by atoms with Gasteiger partial charge in [0.05, 0.1) is 28.0 Å². The van der Waals surface area contributed by atoms with Crippen LogP contribution in [0.5, 0.6) is 23.0 Å². The number of carboxylic acid groups (broad SMARTS) is 1. The molecule has 2 saturated heterocycles. The first-order valence-corrected chi connectivity index (χ1v) is 34.6. The zero-order chi connectivity index (χ0) is 69.7. The molecule has 15 nitrogen and oxygen atoms in total. The van der Waals surface area contributed by atoms with E-state index in [1.807, 2.05) is 134 Å². The molecule has 8 aromatic rings. The van der Waals surface area contributed by atoms with Gasteiger partial charge < -0.3 is 63.8 Å². The van der Waals surface area contributed by atoms with Crippen LogP contribution in [0.25, 0.3) is 0 Å². The van der Waals surface area contributed by atoms with Crippen molar-refractivity contribution in [1.82, 2.24) is 0 Å². The number of ether oxygens (including phenoxy) is 2. The van der Waals surface area contributed by atoms with Crippen LogP contribution >= 0.6 is 0 Å². The second kappa shape index (κ2) is 29.5. The third-order valence-electron chi connectivity index (χ3n) is 20.4. The van der Waals surface area contributed by atoms with Gasteiger partial charge >= 0.3 is 20.2 Å². The number of aromatic carboxylic acids is 1. The van der Waals surface area contributed by atoms with Gasteiger partial charge in [0.2, 0.25) is 0 Å². The summed E-state index contributed by atoms with van der Waals surface area (Å²) in [5.41, 5.74) is 18.8. The normalized spacial score (nSPS) is 15.9. The fourth-order valence-electron chi connectivity index (χ4n) is 13.2. The van der Waals surface area contributed by atoms with Gasteiger partial charge in [-0.15, -0.1) is 0 Å². The van der Waals surface area contributed by atoms with Crippen molar-refractivity contribution in [3.8, 4) is 23.0 Å². The Morgan fingerprint density at radius 3 is 1.00 bits per heavy atom. The number of carboxylic acids is 1. The highest BCUT2D eigenvalue weighted by Crippen LogP contribution is 2.52. The molecule has 8 aromatic carbocycles. The van der Waals surface area contributed by atoms with Gasteiger partial charge in [0.25, 0.3) is 5.91 Å². The van der Waals surface area contributed by atoms with Crippen molar-refractivity contribution in [1.29, 1.82) is 0 Å². The molecule has 0 spiro atoms. The van der Waals surface area contributed by atoms with E-state index in [0.29, 0.717) is 16.8 Å². The molecule has 1 amide bonds. The summed E-state index contributed by atoms with van der Waals surface area (Å²) >= 11 is 0. The summed E-state index contributed by atoms with van der Waals surface area (Å²) in [6.45, 7) is 40.8. The Morgan fingerprint density at radius 1 is 0.402 bits per heavy atom. The number of amides is 1. The lowest BCUT2D eigenvalue weighted by atomic mass is 9.79. The van der Waals surface area contributed by atoms with E-state index in [-0.39, 0.29) is 36.1 Å². The molecule has 17 heteroatoms. The summed E-state index contributed by atoms with van der Waals surface area (Å²) in [6.07, 6.45) is 0. The smallest absolute Gasteiger partial charge is 0.478 e. The van der Waals surface area contributed by atoms with Gasteiger partial charge in [0, 0.05) is 150 Å². The van der Waals surface area contributed by atoms with Crippen LogP contribution in [0.15, 0.2) is 170 Å². The fourth-order valence-corrected chi connectivity index (χ4v) is 13.2. The first-order chi connectivity index (χ1) is 46.3. The Kier molecular flexibility index (Phi) is 21.6. The Balaban J connectivity index is 0.000000179. The first-order valence-electron chi connectivity index (χ1n) is 34.6. The van der Waals surface area contributed by atoms with E-state index in [9.17, 15) is 14.7 Å². The van der Waals surface area contributed by atoms with E-state index < -0.39 is 24.3 Å². The molecule has 4 aliphatic rings. The molecule has 97 heavy (non-hydrogen) atoms. The number of nitrogens with zero attached hydrogens (tertiary/aromatic N) is 4. The number of carbonyl (C=O) groups is 2. The van der Waals surface area contributed by atoms with Gasteiger partial charge in [-0.25, -0.2) is 4.79 Å². The molecule has 508 valence electrons. The quantitative estimate of drug-likeness (QED) is 0.0518. The molecule has 4 heterocycles. The highest BCUT2D eigenvalue weighted by Gasteiger charge is 2.53. The Labute approximate surface area is 576 Å². The van der Waals surface area contributed by atoms with Crippen LogP contribution < -0.4 is 51.0 Å². The van der Waals surface area contributed by atoms with Crippen LogP contribution in [0, 0.1) is 0 Å². The van der Waals surface area contributed by atoms with Crippen LogP contribution in [0.3, 0.4) is 0 Å². The molecule has 0 unspecified atom stereocenters. The largest absolute Gasteiger partial charge is 0.494 e. The molecular weight excluding hydrogens is 1210 g/mol. The van der Waals surface area contributed by atoms with Crippen LogP contribution in [-0.4, -0.2) is 106 Å². The van der Waals surface area contributed by atoms with Crippen molar-refractivity contribution in [3.05, 3.63) is 214 Å². The van der Waals surface area contributed by atoms with Crippen molar-refractivity contribution in [2.45, 2.75) is 145 Å². The van der Waals surface area contributed by atoms with Crippen molar-refractivity contribution in [2.24, 2.45) is 0 Å². The second-order valence-electron chi connectivity index (χ2n) is 27.0. The number of nitrogens with two attached hydrogens (primary N) is 1. The number of fused-ring (bicyclic) bond motifs is 4. The minimum absolute atomic E-state index is 0.164. The van der Waals surface area contributed by atoms with E-state index in [4.69, 9.17) is 33.8 Å². The van der Waals surface area contributed by atoms with Gasteiger partial charge in [0.1, 0.15) is 23.0 Å². The lowest BCUT2D eigenvalue weighted by Crippen LogP contribution is -2.41. The van der Waals surface area contributed by atoms with E-state index in [2.05, 4.69) is 159 Å². The van der Waals surface area contributed by atoms with Gasteiger partial charge in [-0.3, -0.25) is 4.79 Å². The molecule has 0 saturated carbocycles. The lowest BCUT2D eigenvalue weighted by Gasteiger charge is -2.32. The number of benzene rings is 8. The summed E-state index contributed by atoms with van der Waals surface area (Å²) in [7, 11) is -0.760. The molecule has 0 radical (unpaired) electrons. The summed E-state index contributed by atoms with van der Waals surface area (Å²) < 4.78 is 37.5. The number of anilines is 6. The van der Waals surface area contributed by atoms with Crippen LogP contribution in [0.4, 0.5) is 34.1 Å². The highest BCUT2D eigenvalue weighted by molar-refractivity contribution is 6.62. The zero-order valence-electron chi connectivity index (χ0n) is 59.7. The summed E-state index contributed by atoms with van der Waals surface area (Å²) in [5.74, 6) is 1.73. The number of hydrogen-bond acceptors (Lipinski definition) is 13. The zero-order valence-corrected chi connectivity index (χ0v) is 59.7. The predicted molar refractivity (Wildman–Crippen MR) is 399 cm³/mol. The third kappa shape index (κ3) is 14.8. The maximum Gasteiger partial charge on any atom is 0.494 e. The molecular formula is C80H98B2N6O9. The molecule has 0 aromatic heterocycles. The van der Waals surface area contributed by atoms with Crippen molar-refractivity contribution in [2.75, 3.05) is 83.0 Å². The van der Waals surface area contributed by atoms with E-state index in [0.717, 1.165) is 148 Å². The monoisotopic (exact) mass is 1310 g/mol. The van der Waals surface area contributed by atoms with E-state index in [1.165, 1.54) is 0 Å². The number of rotatable bonds is 19. The van der Waals surface area contributed by atoms with Crippen molar-refractivity contribution < 1.29 is 42.8 Å². The second-order valence-corrected chi connectivity index (χ2v) is 27.0. The van der Waals surface area contributed by atoms with Crippen LogP contribution in [0.1, 0.15) is 177 Å². The average Bonchev–Trinajstić information content (AvgIpc) is 1.68. The molecule has 4 N–H and O–H groups in total. The van der Waals surface area contributed by atoms with E-state index in [1.54, 1.807) is 12.1 Å². The van der Waals surface area contributed by atoms with Crippen molar-refractivity contribution >= 4 is 71.2 Å². The number of hydrogen-bond donors (Lipinski definition) is 3. The SMILES string of the molecule is CC1(C)OB(c2ccc(N)cc2)OC1(C)C.CCN(CC)c1ccc2c(c1)Oc1cc(N(CC)CC)ccc1C2c1ccccc1C(=O)Nc1ccc(B2OC(C)(C)C(C)(C)O2)cc1.CCN(CC)c1ccc2c(c1)Oc1cc(N(CC)CC)ccc1C2c1ccccc1C(=O)O. The van der Waals surface area contributed by atoms with Gasteiger partial charge in [-0.05, 0) is 193 Å². The fraction of sp³-hybridized carbons (Fsp3) is 0.375. The molecule has 4 aliphatic heterocycles.